The predicted octanol–water partition coefficient (Wildman–Crippen LogP) is 4.48. The molecule has 0 bridgehead atoms. The molecule has 5 aromatic rings. The van der Waals surface area contributed by atoms with Gasteiger partial charge in [0.25, 0.3) is 0 Å². The molecule has 2 aromatic carbocycles. The van der Waals surface area contributed by atoms with Gasteiger partial charge >= 0.3 is 0 Å². The fourth-order valence-electron chi connectivity index (χ4n) is 4.95. The summed E-state index contributed by atoms with van der Waals surface area (Å²) in [7, 11) is 0. The van der Waals surface area contributed by atoms with Crippen LogP contribution in [0.4, 0.5) is 26.0 Å². The van der Waals surface area contributed by atoms with Gasteiger partial charge in [-0.3, -0.25) is 4.79 Å². The molecule has 1 aliphatic rings. The Bertz CT molecular complexity index is 1820. The second-order valence-electron chi connectivity index (χ2n) is 9.94. The molecule has 3 aromatic heterocycles. The van der Waals surface area contributed by atoms with E-state index >= 15 is 0 Å². The van der Waals surface area contributed by atoms with Crippen LogP contribution in [-0.2, 0) is 16.1 Å². The summed E-state index contributed by atoms with van der Waals surface area (Å²) in [4.78, 5) is 23.0. The Kier molecular flexibility index (Phi) is 7.64. The third-order valence-electron chi connectivity index (χ3n) is 7.05. The van der Waals surface area contributed by atoms with Crippen molar-refractivity contribution in [2.45, 2.75) is 6.92 Å². The minimum atomic E-state index is -1.30. The summed E-state index contributed by atoms with van der Waals surface area (Å²) >= 11 is -1.30. The number of benzene rings is 2. The third-order valence-corrected chi connectivity index (χ3v) is 7.56. The van der Waals surface area contributed by atoms with Gasteiger partial charge in [0, 0.05) is 30.1 Å². The van der Waals surface area contributed by atoms with E-state index in [1.807, 2.05) is 12.1 Å². The van der Waals surface area contributed by atoms with Gasteiger partial charge in [-0.25, -0.2) is 23.2 Å². The van der Waals surface area contributed by atoms with Crippen molar-refractivity contribution in [1.29, 1.82) is 0 Å². The summed E-state index contributed by atoms with van der Waals surface area (Å²) in [5.41, 5.74) is 10.1. The van der Waals surface area contributed by atoms with E-state index in [0.29, 0.717) is 54.5 Å². The van der Waals surface area contributed by atoms with Gasteiger partial charge in [-0.2, -0.15) is 5.10 Å². The Morgan fingerprint density at radius 3 is 2.58 bits per heavy atom. The fraction of sp³-hybridized carbons (Fsp3) is 0.207. The molecule has 6 rings (SSSR count). The Labute approximate surface area is 247 Å². The molecule has 1 saturated heterocycles. The molecular formula is C29H27F2N7O4S. The molecule has 1 atom stereocenters. The number of pyridine rings is 1. The number of H-pyrrole nitrogens is 1. The van der Waals surface area contributed by atoms with Crippen LogP contribution in [0, 0.1) is 18.6 Å². The van der Waals surface area contributed by atoms with Gasteiger partial charge in [0.05, 0.1) is 59.6 Å². The molecule has 222 valence electrons. The van der Waals surface area contributed by atoms with Crippen LogP contribution in [0.15, 0.2) is 54.9 Å². The summed E-state index contributed by atoms with van der Waals surface area (Å²) < 4.78 is 55.2. The van der Waals surface area contributed by atoms with Crippen LogP contribution < -0.4 is 20.1 Å². The first kappa shape index (κ1) is 28.5. The fourth-order valence-corrected chi connectivity index (χ4v) is 5.42. The molecule has 0 radical (unpaired) electrons. The third kappa shape index (κ3) is 5.59. The number of ether oxygens (including phenoxy) is 2. The number of nitrogens with two attached hydrogens (primary N) is 1. The molecule has 0 spiro atoms. The average Bonchev–Trinajstić information content (AvgIpc) is 3.57. The first-order valence-electron chi connectivity index (χ1n) is 13.3. The number of nitrogens with one attached hydrogen (secondary N) is 2. The number of anilines is 3. The SMILES string of the molecule is Cc1cc(Oc2c(F)cccc2F)ncc1-n1ncc(C(=O)c2cc3cc(N4CCOCC4)c(N[S@+](C)[O-])cc3[nH]2)c1N. The number of para-hydroxylation sites is 1. The van der Waals surface area contributed by atoms with E-state index in [1.54, 1.807) is 19.2 Å². The number of aromatic nitrogens is 4. The second kappa shape index (κ2) is 11.6. The lowest BCUT2D eigenvalue weighted by atomic mass is 10.1. The molecule has 0 amide bonds. The molecule has 0 aliphatic carbocycles. The number of hydrogen-bond acceptors (Lipinski definition) is 9. The maximum atomic E-state index is 14.0. The Hall–Kier alpha value is -4.66. The number of aryl methyl sites for hydroxylation is 1. The molecule has 43 heavy (non-hydrogen) atoms. The van der Waals surface area contributed by atoms with Gasteiger partial charge in [-0.15, -0.1) is 0 Å². The van der Waals surface area contributed by atoms with Crippen LogP contribution >= 0.6 is 0 Å². The van der Waals surface area contributed by atoms with Crippen molar-refractivity contribution in [3.8, 4) is 17.3 Å². The Balaban J connectivity index is 1.28. The standard InChI is InChI=1S/C29H27F2N7O4S/c1-16-10-26(42-28-19(30)4-3-5-20(28)31)33-15-25(16)38-29(32)18(14-34-38)27(39)23-11-17-12-24(37-6-8-41-9-7-37)22(36-43(2)40)13-21(17)35-23/h3-5,10-15,35-36H,6-9,32H2,1-2H3/t43-/m0/s1. The van der Waals surface area contributed by atoms with Crippen molar-refractivity contribution in [2.75, 3.05) is 47.9 Å². The molecule has 0 saturated carbocycles. The summed E-state index contributed by atoms with van der Waals surface area (Å²) in [5.74, 6) is -2.59. The van der Waals surface area contributed by atoms with Crippen LogP contribution in [0.3, 0.4) is 0 Å². The molecule has 1 fully saturated rings. The Morgan fingerprint density at radius 1 is 1.14 bits per heavy atom. The zero-order valence-electron chi connectivity index (χ0n) is 23.2. The van der Waals surface area contributed by atoms with Crippen molar-refractivity contribution < 1.29 is 27.6 Å². The number of ketones is 1. The minimum absolute atomic E-state index is 0.0254. The van der Waals surface area contributed by atoms with Crippen molar-refractivity contribution in [3.05, 3.63) is 83.3 Å². The largest absolute Gasteiger partial charge is 0.593 e. The van der Waals surface area contributed by atoms with E-state index in [4.69, 9.17) is 15.2 Å². The first-order valence-corrected chi connectivity index (χ1v) is 14.8. The number of halogens is 2. The lowest BCUT2D eigenvalue weighted by molar-refractivity contribution is 0.103. The molecule has 1 aliphatic heterocycles. The number of fused-ring (bicyclic) bond motifs is 1. The summed E-state index contributed by atoms with van der Waals surface area (Å²) in [6.07, 6.45) is 4.32. The molecule has 14 heteroatoms. The Morgan fingerprint density at radius 2 is 1.88 bits per heavy atom. The quantitative estimate of drug-likeness (QED) is 0.172. The number of nitrogen functional groups attached to an aromatic ring is 1. The molecular weight excluding hydrogens is 580 g/mol. The highest BCUT2D eigenvalue weighted by Crippen LogP contribution is 2.34. The number of carbonyl (C=O) groups excluding carboxylic acids is 1. The number of morpholine rings is 1. The van der Waals surface area contributed by atoms with Crippen LogP contribution in [0.1, 0.15) is 21.6 Å². The predicted molar refractivity (Wildman–Crippen MR) is 159 cm³/mol. The van der Waals surface area contributed by atoms with Gasteiger partial charge < -0.3 is 29.6 Å². The lowest BCUT2D eigenvalue weighted by Gasteiger charge is -2.30. The van der Waals surface area contributed by atoms with Crippen LogP contribution in [0.5, 0.6) is 11.6 Å². The highest BCUT2D eigenvalue weighted by Gasteiger charge is 2.23. The number of hydrogen-bond donors (Lipinski definition) is 3. The van der Waals surface area contributed by atoms with Crippen LogP contribution in [-0.4, -0.2) is 62.6 Å². The van der Waals surface area contributed by atoms with Crippen molar-refractivity contribution in [2.24, 2.45) is 0 Å². The van der Waals surface area contributed by atoms with Gasteiger partial charge in [0.15, 0.2) is 11.6 Å². The summed E-state index contributed by atoms with van der Waals surface area (Å²) in [6.45, 7) is 4.26. The van der Waals surface area contributed by atoms with E-state index in [0.717, 1.165) is 23.2 Å². The summed E-state index contributed by atoms with van der Waals surface area (Å²) in [5, 5.41) is 5.10. The second-order valence-corrected chi connectivity index (χ2v) is 11.1. The van der Waals surface area contributed by atoms with E-state index in [-0.39, 0.29) is 23.0 Å². The van der Waals surface area contributed by atoms with Gasteiger partial charge in [-0.1, -0.05) is 6.07 Å². The highest BCUT2D eigenvalue weighted by atomic mass is 32.2. The highest BCUT2D eigenvalue weighted by molar-refractivity contribution is 7.92. The molecule has 11 nitrogen and oxygen atoms in total. The monoisotopic (exact) mass is 607 g/mol. The zero-order chi connectivity index (χ0) is 30.2. The van der Waals surface area contributed by atoms with Crippen LogP contribution in [0.25, 0.3) is 16.6 Å². The van der Waals surface area contributed by atoms with Gasteiger partial charge in [-0.05, 0) is 42.8 Å². The maximum absolute atomic E-state index is 14.0. The average molecular weight is 608 g/mol. The van der Waals surface area contributed by atoms with E-state index < -0.39 is 28.7 Å². The van der Waals surface area contributed by atoms with Crippen molar-refractivity contribution >= 4 is 45.2 Å². The number of nitrogens with zero attached hydrogens (tertiary/aromatic N) is 4. The number of aromatic amines is 1. The lowest BCUT2D eigenvalue weighted by Crippen LogP contribution is -2.36. The van der Waals surface area contributed by atoms with Gasteiger partial charge in [0.2, 0.25) is 17.4 Å². The van der Waals surface area contributed by atoms with Crippen LogP contribution in [0.2, 0.25) is 0 Å². The molecule has 0 unspecified atom stereocenters. The number of rotatable bonds is 8. The van der Waals surface area contributed by atoms with Gasteiger partial charge in [0.1, 0.15) is 17.8 Å². The maximum Gasteiger partial charge on any atom is 0.219 e. The zero-order valence-corrected chi connectivity index (χ0v) is 24.0. The molecule has 4 N–H and O–H groups in total. The first-order chi connectivity index (χ1) is 20.7. The topological polar surface area (TPSA) is 146 Å². The minimum Gasteiger partial charge on any atom is -0.593 e. The van der Waals surface area contributed by atoms with Crippen molar-refractivity contribution in [1.82, 2.24) is 19.7 Å². The van der Waals surface area contributed by atoms with E-state index in [9.17, 15) is 18.1 Å². The number of carbonyl (C=O) groups is 1. The van der Waals surface area contributed by atoms with E-state index in [2.05, 4.69) is 24.7 Å². The summed E-state index contributed by atoms with van der Waals surface area (Å²) in [6, 6.07) is 10.4. The van der Waals surface area contributed by atoms with E-state index in [1.165, 1.54) is 29.2 Å². The van der Waals surface area contributed by atoms with Crippen molar-refractivity contribution in [3.63, 3.8) is 0 Å². The smallest absolute Gasteiger partial charge is 0.219 e. The molecule has 4 heterocycles. The normalized spacial score (nSPS) is 14.2.